The fraction of sp³-hybridized carbons (Fsp3) is 0.333. The van der Waals surface area contributed by atoms with Crippen LogP contribution in [0, 0.1) is 19.7 Å². The van der Waals surface area contributed by atoms with Crippen LogP contribution in [0.1, 0.15) is 35.2 Å². The van der Waals surface area contributed by atoms with Crippen LogP contribution in [0.15, 0.2) is 42.5 Å². The molecular weight excluding hydrogens is 249 g/mol. The van der Waals surface area contributed by atoms with Gasteiger partial charge in [0, 0.05) is 6.04 Å². The van der Waals surface area contributed by atoms with Crippen molar-refractivity contribution in [3.05, 3.63) is 70.5 Å². The first-order chi connectivity index (χ1) is 9.60. The van der Waals surface area contributed by atoms with E-state index in [2.05, 4.69) is 44.3 Å². The molecular formula is C18H22FN. The number of halogens is 1. The quantitative estimate of drug-likeness (QED) is 0.853. The zero-order valence-electron chi connectivity index (χ0n) is 12.4. The Kier molecular flexibility index (Phi) is 4.91. The second-order valence-electron chi connectivity index (χ2n) is 5.30. The van der Waals surface area contributed by atoms with Gasteiger partial charge < -0.3 is 5.32 Å². The highest BCUT2D eigenvalue weighted by molar-refractivity contribution is 5.34. The molecule has 0 fully saturated rings. The van der Waals surface area contributed by atoms with Crippen LogP contribution in [0.5, 0.6) is 0 Å². The molecule has 2 aromatic rings. The van der Waals surface area contributed by atoms with E-state index in [1.54, 1.807) is 12.1 Å². The van der Waals surface area contributed by atoms with Crippen molar-refractivity contribution in [2.75, 3.05) is 6.54 Å². The Hall–Kier alpha value is -1.67. The molecule has 1 N–H and O–H groups in total. The van der Waals surface area contributed by atoms with Gasteiger partial charge in [-0.3, -0.25) is 0 Å². The highest BCUT2D eigenvalue weighted by atomic mass is 19.1. The van der Waals surface area contributed by atoms with Gasteiger partial charge in [-0.15, -0.1) is 0 Å². The van der Waals surface area contributed by atoms with Crippen molar-refractivity contribution < 1.29 is 4.39 Å². The molecule has 0 amide bonds. The molecule has 0 spiro atoms. The first kappa shape index (κ1) is 14.7. The lowest BCUT2D eigenvalue weighted by Crippen LogP contribution is -2.23. The first-order valence-electron chi connectivity index (χ1n) is 7.15. The monoisotopic (exact) mass is 271 g/mol. The predicted octanol–water partition coefficient (Wildman–Crippen LogP) is 4.34. The van der Waals surface area contributed by atoms with Crippen LogP contribution in [-0.2, 0) is 6.42 Å². The van der Waals surface area contributed by atoms with Crippen LogP contribution in [0.4, 0.5) is 4.39 Å². The molecule has 0 aliphatic rings. The molecule has 1 nitrogen and oxygen atoms in total. The number of hydrogen-bond acceptors (Lipinski definition) is 1. The molecule has 0 aliphatic carbocycles. The summed E-state index contributed by atoms with van der Waals surface area (Å²) in [6.45, 7) is 7.24. The summed E-state index contributed by atoms with van der Waals surface area (Å²) in [5, 5.41) is 3.50. The topological polar surface area (TPSA) is 12.0 Å². The molecule has 20 heavy (non-hydrogen) atoms. The smallest absolute Gasteiger partial charge is 0.123 e. The lowest BCUT2D eigenvalue weighted by Gasteiger charge is -2.21. The molecule has 0 aromatic heterocycles. The van der Waals surface area contributed by atoms with Gasteiger partial charge in [0.1, 0.15) is 5.82 Å². The molecule has 2 heteroatoms. The summed E-state index contributed by atoms with van der Waals surface area (Å²) >= 11 is 0. The second kappa shape index (κ2) is 6.67. The number of benzene rings is 2. The Balaban J connectivity index is 2.26. The predicted molar refractivity (Wildman–Crippen MR) is 82.4 cm³/mol. The number of rotatable bonds is 5. The van der Waals surface area contributed by atoms with Gasteiger partial charge in [-0.25, -0.2) is 4.39 Å². The van der Waals surface area contributed by atoms with Crippen LogP contribution in [0.25, 0.3) is 0 Å². The van der Waals surface area contributed by atoms with Crippen LogP contribution in [-0.4, -0.2) is 6.54 Å². The summed E-state index contributed by atoms with van der Waals surface area (Å²) in [6, 6.07) is 13.6. The average Bonchev–Trinajstić information content (AvgIpc) is 2.38. The highest BCUT2D eigenvalue weighted by Gasteiger charge is 2.13. The number of likely N-dealkylation sites (N-methyl/N-ethyl adjacent to an activating group) is 1. The zero-order chi connectivity index (χ0) is 14.5. The average molecular weight is 271 g/mol. The maximum absolute atomic E-state index is 13.3. The van der Waals surface area contributed by atoms with Gasteiger partial charge in [0.25, 0.3) is 0 Å². The van der Waals surface area contributed by atoms with E-state index in [0.29, 0.717) is 0 Å². The van der Waals surface area contributed by atoms with Crippen molar-refractivity contribution in [1.82, 2.24) is 5.32 Å². The lowest BCUT2D eigenvalue weighted by molar-refractivity contribution is 0.544. The van der Waals surface area contributed by atoms with Gasteiger partial charge in [0.15, 0.2) is 0 Å². The lowest BCUT2D eigenvalue weighted by atomic mass is 9.94. The van der Waals surface area contributed by atoms with Crippen LogP contribution in [0.3, 0.4) is 0 Å². The molecule has 106 valence electrons. The number of hydrogen-bond donors (Lipinski definition) is 1. The van der Waals surface area contributed by atoms with Gasteiger partial charge in [0.2, 0.25) is 0 Å². The molecule has 1 unspecified atom stereocenters. The van der Waals surface area contributed by atoms with Crippen LogP contribution >= 0.6 is 0 Å². The van der Waals surface area contributed by atoms with Crippen molar-refractivity contribution in [2.24, 2.45) is 0 Å². The minimum absolute atomic E-state index is 0.168. The number of aryl methyl sites for hydroxylation is 2. The molecule has 0 heterocycles. The summed E-state index contributed by atoms with van der Waals surface area (Å²) in [6.07, 6.45) is 0.801. The Bertz CT molecular complexity index is 577. The largest absolute Gasteiger partial charge is 0.310 e. The summed E-state index contributed by atoms with van der Waals surface area (Å²) < 4.78 is 13.3. The minimum atomic E-state index is -0.168. The SMILES string of the molecule is CCNC(Cc1cccc(F)c1)c1ccc(C)cc1C. The Morgan fingerprint density at radius 2 is 1.90 bits per heavy atom. The summed E-state index contributed by atoms with van der Waals surface area (Å²) in [5.74, 6) is -0.168. The van der Waals surface area contributed by atoms with Crippen molar-refractivity contribution in [3.8, 4) is 0 Å². The highest BCUT2D eigenvalue weighted by Crippen LogP contribution is 2.23. The molecule has 0 radical (unpaired) electrons. The third-order valence-electron chi connectivity index (χ3n) is 3.58. The minimum Gasteiger partial charge on any atom is -0.310 e. The van der Waals surface area contributed by atoms with Gasteiger partial charge in [0.05, 0.1) is 0 Å². The zero-order valence-corrected chi connectivity index (χ0v) is 12.4. The third kappa shape index (κ3) is 3.67. The summed E-state index contributed by atoms with van der Waals surface area (Å²) in [4.78, 5) is 0. The summed E-state index contributed by atoms with van der Waals surface area (Å²) in [7, 11) is 0. The summed E-state index contributed by atoms with van der Waals surface area (Å²) in [5.41, 5.74) is 4.87. The fourth-order valence-electron chi connectivity index (χ4n) is 2.65. The van der Waals surface area contributed by atoms with Gasteiger partial charge in [-0.2, -0.15) is 0 Å². The second-order valence-corrected chi connectivity index (χ2v) is 5.30. The molecule has 2 aromatic carbocycles. The standard InChI is InChI=1S/C18H22FN/c1-4-20-18(12-15-6-5-7-16(19)11-15)17-9-8-13(2)10-14(17)3/h5-11,18,20H,4,12H2,1-3H3. The fourth-order valence-corrected chi connectivity index (χ4v) is 2.65. The van der Waals surface area contributed by atoms with E-state index in [-0.39, 0.29) is 11.9 Å². The van der Waals surface area contributed by atoms with E-state index in [1.807, 2.05) is 6.07 Å². The van der Waals surface area contributed by atoms with E-state index < -0.39 is 0 Å². The maximum atomic E-state index is 13.3. The van der Waals surface area contributed by atoms with Crippen molar-refractivity contribution in [1.29, 1.82) is 0 Å². The van der Waals surface area contributed by atoms with E-state index in [4.69, 9.17) is 0 Å². The van der Waals surface area contributed by atoms with Gasteiger partial charge >= 0.3 is 0 Å². The van der Waals surface area contributed by atoms with Crippen LogP contribution < -0.4 is 5.32 Å². The Labute approximate surface area is 120 Å². The maximum Gasteiger partial charge on any atom is 0.123 e. The van der Waals surface area contributed by atoms with E-state index in [9.17, 15) is 4.39 Å². The van der Waals surface area contributed by atoms with E-state index in [1.165, 1.54) is 22.8 Å². The van der Waals surface area contributed by atoms with Crippen molar-refractivity contribution >= 4 is 0 Å². The Morgan fingerprint density at radius 3 is 2.55 bits per heavy atom. The van der Waals surface area contributed by atoms with Gasteiger partial charge in [-0.1, -0.05) is 42.8 Å². The number of nitrogens with one attached hydrogen (secondary N) is 1. The molecule has 2 rings (SSSR count). The molecule has 1 atom stereocenters. The first-order valence-corrected chi connectivity index (χ1v) is 7.15. The molecule has 0 aliphatic heterocycles. The van der Waals surface area contributed by atoms with Crippen molar-refractivity contribution in [2.45, 2.75) is 33.2 Å². The molecule has 0 bridgehead atoms. The van der Waals surface area contributed by atoms with Gasteiger partial charge in [-0.05, 0) is 55.6 Å². The normalized spacial score (nSPS) is 12.4. The van der Waals surface area contributed by atoms with Crippen molar-refractivity contribution in [3.63, 3.8) is 0 Å². The molecule has 0 saturated carbocycles. The third-order valence-corrected chi connectivity index (χ3v) is 3.58. The van der Waals surface area contributed by atoms with Crippen LogP contribution in [0.2, 0.25) is 0 Å². The molecule has 0 saturated heterocycles. The van der Waals surface area contributed by atoms with E-state index in [0.717, 1.165) is 18.5 Å². The Morgan fingerprint density at radius 1 is 1.10 bits per heavy atom. The van der Waals surface area contributed by atoms with E-state index >= 15 is 0 Å².